The Morgan fingerprint density at radius 1 is 1.40 bits per heavy atom. The van der Waals surface area contributed by atoms with Gasteiger partial charge in [0.1, 0.15) is 0 Å². The molecule has 0 saturated carbocycles. The second kappa shape index (κ2) is 5.96. The summed E-state index contributed by atoms with van der Waals surface area (Å²) in [6.07, 6.45) is 12.2. The number of hydrogen-bond donors (Lipinski definition) is 2. The van der Waals surface area contributed by atoms with Crippen LogP contribution in [0.25, 0.3) is 0 Å². The minimum absolute atomic E-state index is 0.118. The van der Waals surface area contributed by atoms with E-state index in [2.05, 4.69) is 31.3 Å². The average Bonchev–Trinajstić information content (AvgIpc) is 2.25. The van der Waals surface area contributed by atoms with E-state index in [1.165, 1.54) is 19.3 Å². The molecule has 0 radical (unpaired) electrons. The van der Waals surface area contributed by atoms with E-state index in [-0.39, 0.29) is 5.54 Å². The smallest absolute Gasteiger partial charge is 0.0419 e. The normalized spacial score (nSPS) is 25.3. The van der Waals surface area contributed by atoms with Crippen LogP contribution in [0.3, 0.4) is 0 Å². The van der Waals surface area contributed by atoms with Gasteiger partial charge in [-0.25, -0.2) is 0 Å². The van der Waals surface area contributed by atoms with Crippen LogP contribution in [0.5, 0.6) is 0 Å². The Hall–Kier alpha value is -0.760. The van der Waals surface area contributed by atoms with Crippen LogP contribution in [0.4, 0.5) is 0 Å². The highest BCUT2D eigenvalue weighted by molar-refractivity contribution is 5.25. The molecule has 3 N–H and O–H groups in total. The molecule has 0 aromatic rings. The third kappa shape index (κ3) is 3.71. The van der Waals surface area contributed by atoms with Crippen LogP contribution in [0, 0.1) is 0 Å². The molecule has 0 amide bonds. The Morgan fingerprint density at radius 3 is 2.80 bits per heavy atom. The largest absolute Gasteiger partial charge is 0.402 e. The lowest BCUT2D eigenvalue weighted by Gasteiger charge is -2.33. The van der Waals surface area contributed by atoms with Crippen molar-refractivity contribution >= 4 is 0 Å². The summed E-state index contributed by atoms with van der Waals surface area (Å²) in [7, 11) is 0. The highest BCUT2D eigenvalue weighted by atomic mass is 15.0. The van der Waals surface area contributed by atoms with Gasteiger partial charge in [0.15, 0.2) is 0 Å². The summed E-state index contributed by atoms with van der Waals surface area (Å²) >= 11 is 0. The molecule has 1 aliphatic rings. The SMILES string of the molecule is CCCCCNC1(CC)C=CC=C(N)C1. The second-order valence-electron chi connectivity index (χ2n) is 4.42. The molecule has 0 fully saturated rings. The molecule has 1 aliphatic carbocycles. The molecule has 0 aromatic carbocycles. The molecule has 0 saturated heterocycles. The molecule has 1 unspecified atom stereocenters. The molecule has 0 aromatic heterocycles. The van der Waals surface area contributed by atoms with Gasteiger partial charge in [0, 0.05) is 17.7 Å². The summed E-state index contributed by atoms with van der Waals surface area (Å²) in [5, 5.41) is 3.64. The van der Waals surface area contributed by atoms with Crippen molar-refractivity contribution in [3.8, 4) is 0 Å². The summed E-state index contributed by atoms with van der Waals surface area (Å²) in [6.45, 7) is 5.55. The maximum absolute atomic E-state index is 5.89. The van der Waals surface area contributed by atoms with Crippen molar-refractivity contribution < 1.29 is 0 Å². The highest BCUT2D eigenvalue weighted by Crippen LogP contribution is 2.23. The van der Waals surface area contributed by atoms with Crippen LogP contribution in [-0.2, 0) is 0 Å². The molecule has 2 heteroatoms. The number of nitrogens with one attached hydrogen (secondary N) is 1. The fourth-order valence-corrected chi connectivity index (χ4v) is 2.04. The van der Waals surface area contributed by atoms with Gasteiger partial charge in [0.2, 0.25) is 0 Å². The van der Waals surface area contributed by atoms with Crippen molar-refractivity contribution in [3.63, 3.8) is 0 Å². The molecule has 0 heterocycles. The van der Waals surface area contributed by atoms with Gasteiger partial charge in [0.25, 0.3) is 0 Å². The maximum Gasteiger partial charge on any atom is 0.0419 e. The van der Waals surface area contributed by atoms with Gasteiger partial charge in [-0.15, -0.1) is 0 Å². The molecule has 0 spiro atoms. The van der Waals surface area contributed by atoms with Gasteiger partial charge in [-0.1, -0.05) is 38.8 Å². The van der Waals surface area contributed by atoms with Gasteiger partial charge < -0.3 is 11.1 Å². The van der Waals surface area contributed by atoms with Crippen molar-refractivity contribution in [1.29, 1.82) is 0 Å². The lowest BCUT2D eigenvalue weighted by molar-refractivity contribution is 0.375. The van der Waals surface area contributed by atoms with Crippen LogP contribution in [-0.4, -0.2) is 12.1 Å². The van der Waals surface area contributed by atoms with Crippen molar-refractivity contribution in [3.05, 3.63) is 23.9 Å². The first-order valence-corrected chi connectivity index (χ1v) is 6.11. The first-order valence-electron chi connectivity index (χ1n) is 6.11. The Balaban J connectivity index is 2.41. The van der Waals surface area contributed by atoms with Crippen molar-refractivity contribution in [2.75, 3.05) is 6.54 Å². The first kappa shape index (κ1) is 12.3. The summed E-state index contributed by atoms with van der Waals surface area (Å²) in [4.78, 5) is 0. The van der Waals surface area contributed by atoms with Crippen LogP contribution in [0.1, 0.15) is 46.0 Å². The Bertz CT molecular complexity index is 243. The van der Waals surface area contributed by atoms with Crippen molar-refractivity contribution in [1.82, 2.24) is 5.32 Å². The number of hydrogen-bond acceptors (Lipinski definition) is 2. The molecule has 1 atom stereocenters. The number of rotatable bonds is 6. The minimum atomic E-state index is 0.118. The number of unbranched alkanes of at least 4 members (excludes halogenated alkanes) is 2. The van der Waals surface area contributed by atoms with Gasteiger partial charge in [-0.3, -0.25) is 0 Å². The topological polar surface area (TPSA) is 38.0 Å². The lowest BCUT2D eigenvalue weighted by Crippen LogP contribution is -2.45. The fraction of sp³-hybridized carbons (Fsp3) is 0.692. The molecule has 1 rings (SSSR count). The number of allylic oxidation sites excluding steroid dienone is 2. The maximum atomic E-state index is 5.89. The molecular weight excluding hydrogens is 184 g/mol. The predicted octanol–water partition coefficient (Wildman–Crippen LogP) is 2.72. The zero-order valence-electron chi connectivity index (χ0n) is 10.1. The first-order chi connectivity index (χ1) is 7.22. The van der Waals surface area contributed by atoms with Crippen molar-refractivity contribution in [2.45, 2.75) is 51.5 Å². The lowest BCUT2D eigenvalue weighted by atomic mass is 9.87. The standard InChI is InChI=1S/C13H24N2/c1-3-5-6-10-15-13(4-2)9-7-8-12(14)11-13/h7-9,15H,3-6,10-11,14H2,1-2H3. The number of nitrogens with two attached hydrogens (primary N) is 1. The van der Waals surface area contributed by atoms with Crippen molar-refractivity contribution in [2.24, 2.45) is 5.73 Å². The van der Waals surface area contributed by atoms with E-state index in [0.717, 1.165) is 25.1 Å². The van der Waals surface area contributed by atoms with Gasteiger partial charge >= 0.3 is 0 Å². The Labute approximate surface area is 93.6 Å². The molecule has 2 nitrogen and oxygen atoms in total. The molecule has 15 heavy (non-hydrogen) atoms. The van der Waals surface area contributed by atoms with Gasteiger partial charge in [0.05, 0.1) is 0 Å². The molecule has 0 bridgehead atoms. The minimum Gasteiger partial charge on any atom is -0.402 e. The molecular formula is C13H24N2. The van der Waals surface area contributed by atoms with E-state index in [4.69, 9.17) is 5.73 Å². The van der Waals surface area contributed by atoms with E-state index in [0.29, 0.717) is 0 Å². The van der Waals surface area contributed by atoms with Crippen LogP contribution >= 0.6 is 0 Å². The average molecular weight is 208 g/mol. The van der Waals surface area contributed by atoms with E-state index < -0.39 is 0 Å². The quantitative estimate of drug-likeness (QED) is 0.659. The summed E-state index contributed by atoms with van der Waals surface area (Å²) in [5.74, 6) is 0. The molecule has 86 valence electrons. The van der Waals surface area contributed by atoms with E-state index in [1.807, 2.05) is 6.08 Å². The van der Waals surface area contributed by atoms with E-state index in [9.17, 15) is 0 Å². The third-order valence-electron chi connectivity index (χ3n) is 3.13. The fourth-order valence-electron chi connectivity index (χ4n) is 2.04. The predicted molar refractivity (Wildman–Crippen MR) is 66.6 cm³/mol. The van der Waals surface area contributed by atoms with Gasteiger partial charge in [-0.05, 0) is 25.5 Å². The zero-order valence-corrected chi connectivity index (χ0v) is 10.1. The second-order valence-corrected chi connectivity index (χ2v) is 4.42. The third-order valence-corrected chi connectivity index (χ3v) is 3.13. The molecule has 0 aliphatic heterocycles. The summed E-state index contributed by atoms with van der Waals surface area (Å²) < 4.78 is 0. The highest BCUT2D eigenvalue weighted by Gasteiger charge is 2.26. The summed E-state index contributed by atoms with van der Waals surface area (Å²) in [6, 6.07) is 0. The van der Waals surface area contributed by atoms with Crippen LogP contribution < -0.4 is 11.1 Å². The van der Waals surface area contributed by atoms with Crippen LogP contribution in [0.15, 0.2) is 23.9 Å². The Morgan fingerprint density at radius 2 is 2.20 bits per heavy atom. The van der Waals surface area contributed by atoms with Crippen LogP contribution in [0.2, 0.25) is 0 Å². The van der Waals surface area contributed by atoms with Gasteiger partial charge in [-0.2, -0.15) is 0 Å². The van der Waals surface area contributed by atoms with E-state index in [1.54, 1.807) is 0 Å². The Kier molecular flexibility index (Phi) is 4.89. The monoisotopic (exact) mass is 208 g/mol. The summed E-state index contributed by atoms with van der Waals surface area (Å²) in [5.41, 5.74) is 6.99. The zero-order chi connectivity index (χ0) is 11.1. The van der Waals surface area contributed by atoms with E-state index >= 15 is 0 Å².